The number of ether oxygens (including phenoxy) is 1. The highest BCUT2D eigenvalue weighted by molar-refractivity contribution is 5.86. The first-order valence-corrected chi connectivity index (χ1v) is 16.5. The number of hydrogen-bond donors (Lipinski definition) is 2. The minimum atomic E-state index is -1.11. The number of amides is 1. The van der Waals surface area contributed by atoms with Crippen molar-refractivity contribution in [2.45, 2.75) is 69.9 Å². The van der Waals surface area contributed by atoms with E-state index in [1.54, 1.807) is 0 Å². The molecule has 0 fully saturated rings. The van der Waals surface area contributed by atoms with Crippen molar-refractivity contribution in [1.29, 1.82) is 0 Å². The normalized spacial score (nSPS) is 12.9. The maximum absolute atomic E-state index is 12.9. The molecule has 1 amide bonds. The van der Waals surface area contributed by atoms with Crippen molar-refractivity contribution in [2.75, 3.05) is 6.61 Å². The van der Waals surface area contributed by atoms with Gasteiger partial charge >= 0.3 is 12.1 Å². The number of nitrogens with one attached hydrogen (secondary N) is 1. The van der Waals surface area contributed by atoms with Crippen molar-refractivity contribution in [3.8, 4) is 11.1 Å². The highest BCUT2D eigenvalue weighted by Crippen LogP contribution is 2.44. The van der Waals surface area contributed by atoms with Gasteiger partial charge in [-0.2, -0.15) is 0 Å². The van der Waals surface area contributed by atoms with Crippen molar-refractivity contribution >= 4 is 23.0 Å². The highest BCUT2D eigenvalue weighted by atomic mass is 16.5. The highest BCUT2D eigenvalue weighted by Gasteiger charge is 2.30. The fourth-order valence-corrected chi connectivity index (χ4v) is 6.84. The number of rotatable bonds is 15. The van der Waals surface area contributed by atoms with Gasteiger partial charge in [0.05, 0.1) is 0 Å². The first-order chi connectivity index (χ1) is 22.6. The molecule has 2 N–H and O–H groups in total. The quantitative estimate of drug-likeness (QED) is 0.116. The Morgan fingerprint density at radius 2 is 1.35 bits per heavy atom. The molecular weight excluding hydrogens is 572 g/mol. The number of hydrogen-bond acceptors (Lipinski definition) is 3. The number of carboxylic acid groups (broad SMARTS) is 1. The van der Waals surface area contributed by atoms with E-state index < -0.39 is 18.1 Å². The number of fused-ring (bicyclic) bond motifs is 4. The Kier molecular flexibility index (Phi) is 10.1. The lowest BCUT2D eigenvalue weighted by Crippen LogP contribution is -2.42. The van der Waals surface area contributed by atoms with Crippen molar-refractivity contribution in [3.63, 3.8) is 0 Å². The smallest absolute Gasteiger partial charge is 0.407 e. The van der Waals surface area contributed by atoms with Gasteiger partial charge in [-0.1, -0.05) is 123 Å². The number of para-hydroxylation sites is 1. The van der Waals surface area contributed by atoms with E-state index >= 15 is 0 Å². The zero-order valence-electron chi connectivity index (χ0n) is 26.2. The minimum absolute atomic E-state index is 0.0892. The predicted molar refractivity (Wildman–Crippen MR) is 183 cm³/mol. The summed E-state index contributed by atoms with van der Waals surface area (Å²) < 4.78 is 7.88. The number of benzene rings is 4. The number of nitrogens with zero attached hydrogens (tertiary/aromatic N) is 1. The molecule has 6 heteroatoms. The molecule has 6 nitrogen and oxygen atoms in total. The first kappa shape index (κ1) is 31.2. The van der Waals surface area contributed by atoms with E-state index in [-0.39, 0.29) is 18.9 Å². The molecule has 6 rings (SSSR count). The molecular formula is C40H42N2O4. The Labute approximate surface area is 271 Å². The Morgan fingerprint density at radius 1 is 0.739 bits per heavy atom. The van der Waals surface area contributed by atoms with Crippen LogP contribution in [0.25, 0.3) is 22.0 Å². The van der Waals surface area contributed by atoms with E-state index in [0.29, 0.717) is 0 Å². The molecule has 0 saturated carbocycles. The third-order valence-electron chi connectivity index (χ3n) is 9.19. The number of aromatic nitrogens is 1. The summed E-state index contributed by atoms with van der Waals surface area (Å²) >= 11 is 0. The lowest BCUT2D eigenvalue weighted by molar-refractivity contribution is -0.139. The van der Waals surface area contributed by atoms with Gasteiger partial charge in [-0.05, 0) is 58.7 Å². The molecule has 0 spiro atoms. The maximum atomic E-state index is 12.9. The minimum Gasteiger partial charge on any atom is -0.480 e. The summed E-state index contributed by atoms with van der Waals surface area (Å²) in [6.45, 7) is 1.01. The number of carboxylic acids is 1. The van der Waals surface area contributed by atoms with Crippen LogP contribution in [0.15, 0.2) is 109 Å². The molecule has 5 aromatic rings. The SMILES string of the molecule is O=C(N[C@@H](Cc1cn(CCCCCCCCc2ccccc2)c2ccccc12)C(=O)O)OCC1c2ccccc2-c2ccccc21. The summed E-state index contributed by atoms with van der Waals surface area (Å²) in [5, 5.41) is 13.7. The van der Waals surface area contributed by atoms with Gasteiger partial charge in [-0.3, -0.25) is 0 Å². The van der Waals surface area contributed by atoms with Gasteiger partial charge in [-0.15, -0.1) is 0 Å². The number of unbranched alkanes of at least 4 members (excludes halogenated alkanes) is 5. The topological polar surface area (TPSA) is 80.6 Å². The number of aliphatic carboxylic acids is 1. The van der Waals surface area contributed by atoms with Crippen LogP contribution >= 0.6 is 0 Å². The van der Waals surface area contributed by atoms with Crippen molar-refractivity contribution in [1.82, 2.24) is 9.88 Å². The van der Waals surface area contributed by atoms with Crippen LogP contribution in [-0.2, 0) is 28.9 Å². The van der Waals surface area contributed by atoms with Crippen LogP contribution in [0.5, 0.6) is 0 Å². The second-order valence-electron chi connectivity index (χ2n) is 12.3. The van der Waals surface area contributed by atoms with Crippen LogP contribution in [0.4, 0.5) is 4.79 Å². The number of aryl methyl sites for hydroxylation is 2. The van der Waals surface area contributed by atoms with Gasteiger partial charge in [0.1, 0.15) is 12.6 Å². The monoisotopic (exact) mass is 614 g/mol. The summed E-state index contributed by atoms with van der Waals surface area (Å²) in [5.41, 5.74) is 7.92. The maximum Gasteiger partial charge on any atom is 0.407 e. The van der Waals surface area contributed by atoms with Crippen LogP contribution < -0.4 is 5.32 Å². The van der Waals surface area contributed by atoms with Crippen molar-refractivity contribution in [3.05, 3.63) is 132 Å². The fourth-order valence-electron chi connectivity index (χ4n) is 6.84. The lowest BCUT2D eigenvalue weighted by atomic mass is 9.98. The number of alkyl carbamates (subject to hydrolysis) is 1. The largest absolute Gasteiger partial charge is 0.480 e. The zero-order chi connectivity index (χ0) is 31.7. The van der Waals surface area contributed by atoms with Crippen LogP contribution in [0.2, 0.25) is 0 Å². The zero-order valence-corrected chi connectivity index (χ0v) is 26.2. The molecule has 0 saturated heterocycles. The third-order valence-corrected chi connectivity index (χ3v) is 9.19. The van der Waals surface area contributed by atoms with E-state index in [9.17, 15) is 14.7 Å². The summed E-state index contributed by atoms with van der Waals surface area (Å²) in [5.74, 6) is -1.17. The van der Waals surface area contributed by atoms with E-state index in [4.69, 9.17) is 4.74 Å². The Bertz CT molecular complexity index is 1730. The molecule has 46 heavy (non-hydrogen) atoms. The van der Waals surface area contributed by atoms with Gasteiger partial charge in [0.25, 0.3) is 0 Å². The van der Waals surface area contributed by atoms with Gasteiger partial charge < -0.3 is 19.7 Å². The molecule has 0 aliphatic heterocycles. The van der Waals surface area contributed by atoms with Crippen LogP contribution in [0.3, 0.4) is 0 Å². The molecule has 4 aromatic carbocycles. The summed E-state index contributed by atoms with van der Waals surface area (Å²) in [6, 6.07) is 33.9. The molecule has 1 atom stereocenters. The molecule has 0 unspecified atom stereocenters. The number of carbonyl (C=O) groups excluding carboxylic acids is 1. The summed E-state index contributed by atoms with van der Waals surface area (Å²) in [6.07, 6.45) is 9.81. The van der Waals surface area contributed by atoms with Crippen molar-refractivity contribution < 1.29 is 19.4 Å². The fraction of sp³-hybridized carbons (Fsp3) is 0.300. The molecule has 236 valence electrons. The standard InChI is InChI=1S/C40H42N2O4/c43-39(44)37(41-40(45)46-28-36-34-22-11-9-20-32(34)33-21-10-12-23-35(33)36)26-30-27-42(38-24-14-13-19-31(30)38)25-15-4-2-1-3-6-16-29-17-7-5-8-18-29/h5,7-14,17-24,27,36-37H,1-4,6,15-16,25-26,28H2,(H,41,45)(H,43,44)/t37-/m0/s1. The van der Waals surface area contributed by atoms with Gasteiger partial charge in [0, 0.05) is 36.0 Å². The second-order valence-corrected chi connectivity index (χ2v) is 12.3. The Balaban J connectivity index is 1.01. The Hall–Kier alpha value is -4.84. The first-order valence-electron chi connectivity index (χ1n) is 16.5. The van der Waals surface area contributed by atoms with Crippen molar-refractivity contribution in [2.24, 2.45) is 0 Å². The van der Waals surface area contributed by atoms with Gasteiger partial charge in [0.2, 0.25) is 0 Å². The Morgan fingerprint density at radius 3 is 2.07 bits per heavy atom. The third kappa shape index (κ3) is 7.34. The van der Waals surface area contributed by atoms with E-state index in [1.807, 2.05) is 42.5 Å². The lowest BCUT2D eigenvalue weighted by Gasteiger charge is -2.17. The summed E-state index contributed by atoms with van der Waals surface area (Å²) in [7, 11) is 0. The second kappa shape index (κ2) is 15.0. The van der Waals surface area contributed by atoms with Crippen LogP contribution in [0, 0.1) is 0 Å². The average molecular weight is 615 g/mol. The molecule has 1 aliphatic rings. The average Bonchev–Trinajstić information content (AvgIpc) is 3.60. The van der Waals surface area contributed by atoms with E-state index in [2.05, 4.69) is 76.7 Å². The molecule has 1 heterocycles. The summed E-state index contributed by atoms with van der Waals surface area (Å²) in [4.78, 5) is 25.2. The van der Waals surface area contributed by atoms with E-state index in [1.165, 1.54) is 31.2 Å². The van der Waals surface area contributed by atoms with Gasteiger partial charge in [0.15, 0.2) is 0 Å². The molecule has 1 aliphatic carbocycles. The molecule has 1 aromatic heterocycles. The molecule has 0 radical (unpaired) electrons. The van der Waals surface area contributed by atoms with Gasteiger partial charge in [-0.25, -0.2) is 9.59 Å². The number of carbonyl (C=O) groups is 2. The molecule has 0 bridgehead atoms. The van der Waals surface area contributed by atoms with Crippen LogP contribution in [0.1, 0.15) is 66.7 Å². The van der Waals surface area contributed by atoms with E-state index in [0.717, 1.165) is 64.5 Å². The van der Waals surface area contributed by atoms with Crippen LogP contribution in [-0.4, -0.2) is 34.4 Å². The predicted octanol–water partition coefficient (Wildman–Crippen LogP) is 8.76.